The van der Waals surface area contributed by atoms with E-state index in [1.54, 1.807) is 20.0 Å². The van der Waals surface area contributed by atoms with Crippen LogP contribution >= 0.6 is 12.4 Å². The van der Waals surface area contributed by atoms with Crippen LogP contribution in [0.3, 0.4) is 0 Å². The maximum atomic E-state index is 11.6. The normalized spacial score (nSPS) is 9.63. The van der Waals surface area contributed by atoms with E-state index in [-0.39, 0.29) is 30.8 Å². The summed E-state index contributed by atoms with van der Waals surface area (Å²) in [5.41, 5.74) is 5.31. The third kappa shape index (κ3) is 6.21. The number of nitrogens with one attached hydrogen (secondary N) is 1. The summed E-state index contributed by atoms with van der Waals surface area (Å²) in [6.45, 7) is 2.17. The molecule has 3 N–H and O–H groups in total. The van der Waals surface area contributed by atoms with Gasteiger partial charge in [0.15, 0.2) is 5.82 Å². The lowest BCUT2D eigenvalue weighted by molar-refractivity contribution is -0.133. The lowest BCUT2D eigenvalue weighted by atomic mass is 10.3. The van der Waals surface area contributed by atoms with Gasteiger partial charge in [-0.05, 0) is 19.9 Å². The Morgan fingerprint density at radius 3 is 2.74 bits per heavy atom. The van der Waals surface area contributed by atoms with Crippen molar-refractivity contribution < 1.29 is 14.1 Å². The van der Waals surface area contributed by atoms with E-state index in [4.69, 9.17) is 10.3 Å². The highest BCUT2D eigenvalue weighted by Crippen LogP contribution is 2.06. The summed E-state index contributed by atoms with van der Waals surface area (Å²) in [5.74, 6) is 0.539. The van der Waals surface area contributed by atoms with Crippen LogP contribution in [-0.2, 0) is 9.59 Å². The maximum absolute atomic E-state index is 11.6. The van der Waals surface area contributed by atoms with Crippen LogP contribution in [0.15, 0.2) is 10.6 Å². The van der Waals surface area contributed by atoms with Crippen LogP contribution in [0, 0.1) is 6.92 Å². The molecule has 1 rings (SSSR count). The van der Waals surface area contributed by atoms with Crippen LogP contribution in [0.4, 0.5) is 5.82 Å². The van der Waals surface area contributed by atoms with Crippen LogP contribution in [0.2, 0.25) is 0 Å². The van der Waals surface area contributed by atoms with E-state index in [9.17, 15) is 9.59 Å². The topological polar surface area (TPSA) is 101 Å². The number of carbonyl (C=O) groups is 2. The highest BCUT2D eigenvalue weighted by atomic mass is 35.5. The molecule has 1 aromatic heterocycles. The molecule has 2 amide bonds. The first-order chi connectivity index (χ1) is 8.52. The minimum atomic E-state index is -0.313. The molecule has 0 aliphatic rings. The molecule has 0 spiro atoms. The van der Waals surface area contributed by atoms with Gasteiger partial charge in [0.25, 0.3) is 0 Å². The van der Waals surface area contributed by atoms with Crippen LogP contribution in [0.5, 0.6) is 0 Å². The number of hydrogen-bond donors (Lipinski definition) is 2. The molecule has 1 aromatic rings. The van der Waals surface area contributed by atoms with Crippen molar-refractivity contribution in [3.8, 4) is 0 Å². The van der Waals surface area contributed by atoms with Gasteiger partial charge in [0, 0.05) is 19.5 Å². The molecule has 0 saturated heterocycles. The summed E-state index contributed by atoms with van der Waals surface area (Å²) in [6, 6.07) is 1.61. The first kappa shape index (κ1) is 17.4. The zero-order valence-corrected chi connectivity index (χ0v) is 11.8. The second-order valence-electron chi connectivity index (χ2n) is 4.01. The molecule has 0 bridgehead atoms. The second kappa shape index (κ2) is 8.49. The van der Waals surface area contributed by atoms with Crippen molar-refractivity contribution in [2.45, 2.75) is 19.8 Å². The molecular formula is C11H19ClN4O3. The van der Waals surface area contributed by atoms with Crippen molar-refractivity contribution in [1.82, 2.24) is 10.1 Å². The number of aryl methyl sites for hydroxylation is 1. The van der Waals surface area contributed by atoms with Crippen LogP contribution < -0.4 is 11.1 Å². The Morgan fingerprint density at radius 2 is 2.21 bits per heavy atom. The van der Waals surface area contributed by atoms with Gasteiger partial charge in [0.05, 0.1) is 6.54 Å². The number of hydrogen-bond acceptors (Lipinski definition) is 5. The lowest BCUT2D eigenvalue weighted by Crippen LogP contribution is -2.35. The first-order valence-corrected chi connectivity index (χ1v) is 5.70. The van der Waals surface area contributed by atoms with Crippen molar-refractivity contribution in [2.24, 2.45) is 5.73 Å². The number of halogens is 1. The largest absolute Gasteiger partial charge is 0.360 e. The fraction of sp³-hybridized carbons (Fsp3) is 0.545. The van der Waals surface area contributed by atoms with E-state index in [0.29, 0.717) is 31.0 Å². The van der Waals surface area contributed by atoms with Crippen LogP contribution in [0.1, 0.15) is 18.6 Å². The minimum absolute atomic E-state index is 0. The first-order valence-electron chi connectivity index (χ1n) is 5.70. The van der Waals surface area contributed by atoms with Gasteiger partial charge in [-0.1, -0.05) is 5.16 Å². The minimum Gasteiger partial charge on any atom is -0.360 e. The monoisotopic (exact) mass is 290 g/mol. The van der Waals surface area contributed by atoms with E-state index in [1.165, 1.54) is 4.90 Å². The van der Waals surface area contributed by atoms with Gasteiger partial charge in [0.1, 0.15) is 5.76 Å². The van der Waals surface area contributed by atoms with E-state index >= 15 is 0 Å². The van der Waals surface area contributed by atoms with E-state index in [2.05, 4.69) is 10.5 Å². The highest BCUT2D eigenvalue weighted by Gasteiger charge is 2.13. The quantitative estimate of drug-likeness (QED) is 0.796. The summed E-state index contributed by atoms with van der Waals surface area (Å²) in [6.07, 6.45) is 0.969. The van der Waals surface area contributed by atoms with Gasteiger partial charge >= 0.3 is 0 Å². The average molecular weight is 291 g/mol. The molecule has 0 fully saturated rings. The molecule has 0 aromatic carbocycles. The molecule has 19 heavy (non-hydrogen) atoms. The number of rotatable bonds is 6. The summed E-state index contributed by atoms with van der Waals surface area (Å²) in [7, 11) is 1.58. The van der Waals surface area contributed by atoms with Gasteiger partial charge in [0.2, 0.25) is 11.8 Å². The zero-order valence-electron chi connectivity index (χ0n) is 11.0. The molecular weight excluding hydrogens is 272 g/mol. The predicted octanol–water partition coefficient (Wildman–Crippen LogP) is 0.541. The third-order valence-corrected chi connectivity index (χ3v) is 2.30. The van der Waals surface area contributed by atoms with Crippen molar-refractivity contribution in [3.05, 3.63) is 11.8 Å². The smallest absolute Gasteiger partial charge is 0.245 e. The van der Waals surface area contributed by atoms with Gasteiger partial charge < -0.3 is 20.5 Å². The number of likely N-dealkylation sites (N-methyl/N-ethyl adjacent to an activating group) is 1. The van der Waals surface area contributed by atoms with Gasteiger partial charge in [-0.3, -0.25) is 9.59 Å². The Morgan fingerprint density at radius 1 is 1.53 bits per heavy atom. The fourth-order valence-corrected chi connectivity index (χ4v) is 1.36. The van der Waals surface area contributed by atoms with Gasteiger partial charge in [-0.25, -0.2) is 0 Å². The van der Waals surface area contributed by atoms with Crippen molar-refractivity contribution in [2.75, 3.05) is 25.5 Å². The summed E-state index contributed by atoms with van der Waals surface area (Å²) in [5, 5.41) is 6.17. The number of carbonyl (C=O) groups excluding carboxylic acids is 2. The summed E-state index contributed by atoms with van der Waals surface area (Å²) in [4.78, 5) is 24.5. The van der Waals surface area contributed by atoms with Gasteiger partial charge in [-0.2, -0.15) is 0 Å². The molecule has 0 saturated carbocycles. The van der Waals surface area contributed by atoms with E-state index in [0.717, 1.165) is 0 Å². The number of aromatic nitrogens is 1. The van der Waals surface area contributed by atoms with Crippen molar-refractivity contribution in [1.29, 1.82) is 0 Å². The van der Waals surface area contributed by atoms with Crippen LogP contribution in [0.25, 0.3) is 0 Å². The number of anilines is 1. The Hall–Kier alpha value is -1.60. The Kier molecular flexibility index (Phi) is 7.78. The summed E-state index contributed by atoms with van der Waals surface area (Å²) >= 11 is 0. The van der Waals surface area contributed by atoms with Crippen LogP contribution in [-0.4, -0.2) is 42.0 Å². The molecule has 0 aliphatic carbocycles. The predicted molar refractivity (Wildman–Crippen MR) is 73.0 cm³/mol. The molecule has 0 atom stereocenters. The molecule has 0 aliphatic heterocycles. The molecule has 108 valence electrons. The zero-order chi connectivity index (χ0) is 13.5. The van der Waals surface area contributed by atoms with Crippen molar-refractivity contribution in [3.63, 3.8) is 0 Å². The van der Waals surface area contributed by atoms with E-state index < -0.39 is 0 Å². The molecule has 7 nitrogen and oxygen atoms in total. The Bertz CT molecular complexity index is 422. The molecule has 0 unspecified atom stereocenters. The maximum Gasteiger partial charge on any atom is 0.245 e. The summed E-state index contributed by atoms with van der Waals surface area (Å²) < 4.78 is 4.81. The van der Waals surface area contributed by atoms with E-state index in [1.807, 2.05) is 0 Å². The fourth-order valence-electron chi connectivity index (χ4n) is 1.36. The lowest BCUT2D eigenvalue weighted by Gasteiger charge is -2.15. The Balaban J connectivity index is 0.00000324. The second-order valence-corrected chi connectivity index (χ2v) is 4.01. The number of nitrogens with zero attached hydrogens (tertiary/aromatic N) is 2. The SMILES string of the molecule is Cc1cc(NC(=O)CN(C)C(=O)CCCN)no1.Cl. The molecule has 8 heteroatoms. The van der Waals surface area contributed by atoms with Gasteiger partial charge in [-0.15, -0.1) is 12.4 Å². The average Bonchev–Trinajstić information content (AvgIpc) is 2.71. The number of nitrogens with two attached hydrogens (primary N) is 1. The molecule has 0 radical (unpaired) electrons. The number of amides is 2. The van der Waals surface area contributed by atoms with Crippen molar-refractivity contribution >= 4 is 30.0 Å². The molecule has 1 heterocycles. The standard InChI is InChI=1S/C11H18N4O3.ClH/c1-8-6-9(14-18-8)13-10(16)7-15(2)11(17)4-3-5-12;/h6H,3-5,7,12H2,1-2H3,(H,13,14,16);1H. The Labute approximate surface area is 117 Å². The highest BCUT2D eigenvalue weighted by molar-refractivity contribution is 5.93. The third-order valence-electron chi connectivity index (χ3n) is 2.30.